The third kappa shape index (κ3) is 2.06. The van der Waals surface area contributed by atoms with Crippen LogP contribution in [0, 0.1) is 11.7 Å². The molecule has 18 heavy (non-hydrogen) atoms. The van der Waals surface area contributed by atoms with E-state index in [0.717, 1.165) is 36.5 Å². The van der Waals surface area contributed by atoms with Crippen LogP contribution in [0.3, 0.4) is 0 Å². The Bertz CT molecular complexity index is 555. The molecule has 1 aromatic heterocycles. The Labute approximate surface area is 105 Å². The van der Waals surface area contributed by atoms with Crippen molar-refractivity contribution in [2.24, 2.45) is 11.7 Å². The molecule has 0 bridgehead atoms. The maximum absolute atomic E-state index is 13.1. The lowest BCUT2D eigenvalue weighted by Crippen LogP contribution is -2.46. The first kappa shape index (κ1) is 11.5. The molecule has 2 heterocycles. The standard InChI is InChI=1S/C13H17FN4/c1-8-4-10(15)7-18(6-8)13-16-11-3-2-9(14)5-12(11)17-13/h2-3,5,8,10H,4,6-7,15H2,1H3,(H,16,17). The van der Waals surface area contributed by atoms with E-state index < -0.39 is 0 Å². The number of nitrogens with one attached hydrogen (secondary N) is 1. The molecule has 0 aliphatic carbocycles. The fourth-order valence-electron chi connectivity index (χ4n) is 2.69. The molecule has 1 aliphatic heterocycles. The summed E-state index contributed by atoms with van der Waals surface area (Å²) in [6, 6.07) is 4.77. The maximum atomic E-state index is 13.1. The molecule has 5 heteroatoms. The Morgan fingerprint density at radius 1 is 1.44 bits per heavy atom. The number of hydrogen-bond acceptors (Lipinski definition) is 3. The number of piperidine rings is 1. The van der Waals surface area contributed by atoms with Gasteiger partial charge in [0.2, 0.25) is 5.95 Å². The SMILES string of the molecule is CC1CC(N)CN(c2nc3ccc(F)cc3[nH]2)C1. The van der Waals surface area contributed by atoms with E-state index in [9.17, 15) is 4.39 Å². The third-order valence-electron chi connectivity index (χ3n) is 3.42. The number of hydrogen-bond donors (Lipinski definition) is 2. The first-order chi connectivity index (χ1) is 8.61. The van der Waals surface area contributed by atoms with Crippen molar-refractivity contribution in [2.45, 2.75) is 19.4 Å². The average molecular weight is 248 g/mol. The fraction of sp³-hybridized carbons (Fsp3) is 0.462. The average Bonchev–Trinajstić information content (AvgIpc) is 2.70. The second kappa shape index (κ2) is 4.24. The highest BCUT2D eigenvalue weighted by molar-refractivity contribution is 5.77. The van der Waals surface area contributed by atoms with Crippen LogP contribution in [0.2, 0.25) is 0 Å². The molecule has 2 unspecified atom stereocenters. The molecule has 2 atom stereocenters. The number of nitrogens with two attached hydrogens (primary N) is 1. The lowest BCUT2D eigenvalue weighted by Gasteiger charge is -2.34. The Kier molecular flexibility index (Phi) is 2.70. The van der Waals surface area contributed by atoms with Gasteiger partial charge < -0.3 is 15.6 Å². The van der Waals surface area contributed by atoms with Gasteiger partial charge in [0.15, 0.2) is 0 Å². The monoisotopic (exact) mass is 248 g/mol. The molecule has 1 aliphatic rings. The Balaban J connectivity index is 1.93. The van der Waals surface area contributed by atoms with Gasteiger partial charge in [-0.1, -0.05) is 6.92 Å². The molecule has 3 N–H and O–H groups in total. The predicted molar refractivity (Wildman–Crippen MR) is 70.0 cm³/mol. The van der Waals surface area contributed by atoms with Crippen molar-refractivity contribution in [1.82, 2.24) is 9.97 Å². The van der Waals surface area contributed by atoms with E-state index in [1.165, 1.54) is 12.1 Å². The second-order valence-electron chi connectivity index (χ2n) is 5.23. The number of fused-ring (bicyclic) bond motifs is 1. The Morgan fingerprint density at radius 3 is 3.06 bits per heavy atom. The molecule has 0 saturated carbocycles. The van der Waals surface area contributed by atoms with Crippen molar-refractivity contribution in [2.75, 3.05) is 18.0 Å². The summed E-state index contributed by atoms with van der Waals surface area (Å²) >= 11 is 0. The van der Waals surface area contributed by atoms with Crippen LogP contribution in [0.25, 0.3) is 11.0 Å². The van der Waals surface area contributed by atoms with Crippen LogP contribution >= 0.6 is 0 Å². The quantitative estimate of drug-likeness (QED) is 0.810. The van der Waals surface area contributed by atoms with Crippen molar-refractivity contribution >= 4 is 17.0 Å². The molecule has 1 aromatic carbocycles. The topological polar surface area (TPSA) is 57.9 Å². The van der Waals surface area contributed by atoms with Crippen molar-refractivity contribution in [3.8, 4) is 0 Å². The first-order valence-corrected chi connectivity index (χ1v) is 6.27. The van der Waals surface area contributed by atoms with E-state index in [4.69, 9.17) is 5.73 Å². The molecule has 96 valence electrons. The van der Waals surface area contributed by atoms with Gasteiger partial charge in [-0.05, 0) is 30.5 Å². The van der Waals surface area contributed by atoms with Crippen LogP contribution in [0.5, 0.6) is 0 Å². The summed E-state index contributed by atoms with van der Waals surface area (Å²) in [6.45, 7) is 3.93. The smallest absolute Gasteiger partial charge is 0.203 e. The largest absolute Gasteiger partial charge is 0.341 e. The Morgan fingerprint density at radius 2 is 2.28 bits per heavy atom. The minimum absolute atomic E-state index is 0.179. The van der Waals surface area contributed by atoms with Crippen molar-refractivity contribution in [3.63, 3.8) is 0 Å². The van der Waals surface area contributed by atoms with E-state index in [1.807, 2.05) is 0 Å². The lowest BCUT2D eigenvalue weighted by atomic mass is 9.97. The van der Waals surface area contributed by atoms with Gasteiger partial charge in [-0.25, -0.2) is 9.37 Å². The molecule has 4 nitrogen and oxygen atoms in total. The summed E-state index contributed by atoms with van der Waals surface area (Å²) in [5.74, 6) is 1.10. The molecular formula is C13H17FN4. The summed E-state index contributed by atoms with van der Waals surface area (Å²) in [6.07, 6.45) is 1.05. The van der Waals surface area contributed by atoms with Crippen molar-refractivity contribution in [3.05, 3.63) is 24.0 Å². The predicted octanol–water partition coefficient (Wildman–Crippen LogP) is 1.88. The first-order valence-electron chi connectivity index (χ1n) is 6.27. The van der Waals surface area contributed by atoms with Gasteiger partial charge in [0.25, 0.3) is 0 Å². The van der Waals surface area contributed by atoms with E-state index in [-0.39, 0.29) is 11.9 Å². The number of rotatable bonds is 1. The summed E-state index contributed by atoms with van der Waals surface area (Å²) in [5.41, 5.74) is 7.55. The van der Waals surface area contributed by atoms with Gasteiger partial charge in [0, 0.05) is 19.1 Å². The van der Waals surface area contributed by atoms with Gasteiger partial charge in [-0.2, -0.15) is 0 Å². The number of anilines is 1. The number of H-pyrrole nitrogens is 1. The van der Waals surface area contributed by atoms with Crippen molar-refractivity contribution < 1.29 is 4.39 Å². The highest BCUT2D eigenvalue weighted by atomic mass is 19.1. The number of halogens is 1. The zero-order valence-electron chi connectivity index (χ0n) is 10.4. The fourth-order valence-corrected chi connectivity index (χ4v) is 2.69. The maximum Gasteiger partial charge on any atom is 0.203 e. The highest BCUT2D eigenvalue weighted by Crippen LogP contribution is 2.23. The summed E-state index contributed by atoms with van der Waals surface area (Å²) < 4.78 is 13.1. The van der Waals surface area contributed by atoms with E-state index in [2.05, 4.69) is 21.8 Å². The number of nitrogens with zero attached hydrogens (tertiary/aromatic N) is 2. The van der Waals surface area contributed by atoms with Crippen molar-refractivity contribution in [1.29, 1.82) is 0 Å². The number of aromatic nitrogens is 2. The molecule has 0 amide bonds. The molecule has 2 aromatic rings. The number of imidazole rings is 1. The second-order valence-corrected chi connectivity index (χ2v) is 5.23. The molecule has 1 fully saturated rings. The molecule has 0 spiro atoms. The van der Waals surface area contributed by atoms with Gasteiger partial charge in [-0.15, -0.1) is 0 Å². The molecule has 0 radical (unpaired) electrons. The summed E-state index contributed by atoms with van der Waals surface area (Å²) in [7, 11) is 0. The number of benzene rings is 1. The van der Waals surface area contributed by atoms with E-state index >= 15 is 0 Å². The molecular weight excluding hydrogens is 231 g/mol. The normalized spacial score (nSPS) is 24.7. The number of aromatic amines is 1. The third-order valence-corrected chi connectivity index (χ3v) is 3.42. The summed E-state index contributed by atoms with van der Waals surface area (Å²) in [4.78, 5) is 9.81. The van der Waals surface area contributed by atoms with Crippen LogP contribution in [0.1, 0.15) is 13.3 Å². The van der Waals surface area contributed by atoms with Gasteiger partial charge >= 0.3 is 0 Å². The van der Waals surface area contributed by atoms with Gasteiger partial charge in [0.05, 0.1) is 11.0 Å². The van der Waals surface area contributed by atoms with Crippen LogP contribution < -0.4 is 10.6 Å². The van der Waals surface area contributed by atoms with Crippen LogP contribution in [-0.4, -0.2) is 29.1 Å². The highest BCUT2D eigenvalue weighted by Gasteiger charge is 2.24. The van der Waals surface area contributed by atoms with Gasteiger partial charge in [-0.3, -0.25) is 0 Å². The Hall–Kier alpha value is -1.62. The van der Waals surface area contributed by atoms with Crippen LogP contribution in [0.4, 0.5) is 10.3 Å². The molecule has 1 saturated heterocycles. The minimum atomic E-state index is -0.249. The summed E-state index contributed by atoms with van der Waals surface area (Å²) in [5, 5.41) is 0. The lowest BCUT2D eigenvalue weighted by molar-refractivity contribution is 0.398. The van der Waals surface area contributed by atoms with E-state index in [0.29, 0.717) is 5.92 Å². The van der Waals surface area contributed by atoms with Gasteiger partial charge in [0.1, 0.15) is 5.82 Å². The molecule has 3 rings (SSSR count). The van der Waals surface area contributed by atoms with E-state index in [1.54, 1.807) is 6.07 Å². The minimum Gasteiger partial charge on any atom is -0.341 e. The zero-order valence-corrected chi connectivity index (χ0v) is 10.4. The van der Waals surface area contributed by atoms with Crippen LogP contribution in [0.15, 0.2) is 18.2 Å². The van der Waals surface area contributed by atoms with Crippen LogP contribution in [-0.2, 0) is 0 Å². The zero-order chi connectivity index (χ0) is 12.7.